The summed E-state index contributed by atoms with van der Waals surface area (Å²) in [4.78, 5) is 43.3. The normalized spacial score (nSPS) is 11.8. The number of rotatable bonds is 9. The van der Waals surface area contributed by atoms with Crippen LogP contribution in [0.25, 0.3) is 6.08 Å². The van der Waals surface area contributed by atoms with Crippen LogP contribution in [0.15, 0.2) is 114 Å². The number of pyridine rings is 1. The number of hydrogen-bond acceptors (Lipinski definition) is 5. The number of benzene rings is 3. The second-order valence-electron chi connectivity index (χ2n) is 8.39. The summed E-state index contributed by atoms with van der Waals surface area (Å²) in [5.74, 6) is -1.02. The summed E-state index contributed by atoms with van der Waals surface area (Å²) in [6, 6.07) is 26.1. The predicted molar refractivity (Wildman–Crippen MR) is 157 cm³/mol. The minimum Gasteiger partial charge on any atom is -0.325 e. The fraction of sp³-hybridized carbons (Fsp3) is 0.0667. The van der Waals surface area contributed by atoms with Crippen molar-refractivity contribution in [3.05, 3.63) is 125 Å². The van der Waals surface area contributed by atoms with E-state index in [1.165, 1.54) is 11.8 Å². The lowest BCUT2D eigenvalue weighted by Gasteiger charge is -2.13. The molecule has 0 aliphatic carbocycles. The van der Waals surface area contributed by atoms with Gasteiger partial charge in [-0.05, 0) is 79.2 Å². The maximum absolute atomic E-state index is 13.2. The molecule has 3 amide bonds. The van der Waals surface area contributed by atoms with Gasteiger partial charge in [-0.15, -0.1) is 11.8 Å². The molecule has 4 rings (SSSR count). The van der Waals surface area contributed by atoms with Gasteiger partial charge in [0.25, 0.3) is 11.8 Å². The molecule has 0 spiro atoms. The van der Waals surface area contributed by atoms with E-state index >= 15 is 0 Å². The van der Waals surface area contributed by atoms with Crippen LogP contribution in [0, 0.1) is 0 Å². The molecule has 1 unspecified atom stereocenters. The highest BCUT2D eigenvalue weighted by atomic mass is 35.5. The third-order valence-corrected chi connectivity index (χ3v) is 6.82. The summed E-state index contributed by atoms with van der Waals surface area (Å²) in [5.41, 5.74) is 2.42. The molecule has 0 radical (unpaired) electrons. The van der Waals surface area contributed by atoms with E-state index in [1.54, 1.807) is 91.3 Å². The summed E-state index contributed by atoms with van der Waals surface area (Å²) in [7, 11) is 0. The Bertz CT molecular complexity index is 1460. The molecule has 4 aromatic rings. The summed E-state index contributed by atoms with van der Waals surface area (Å²) >= 11 is 7.38. The average Bonchev–Trinajstić information content (AvgIpc) is 2.95. The Morgan fingerprint density at radius 2 is 1.46 bits per heavy atom. The zero-order chi connectivity index (χ0) is 27.6. The Balaban J connectivity index is 1.43. The van der Waals surface area contributed by atoms with Crippen molar-refractivity contribution in [2.45, 2.75) is 17.1 Å². The number of aromatic nitrogens is 1. The number of nitrogens with zero attached hydrogens (tertiary/aromatic N) is 1. The van der Waals surface area contributed by atoms with E-state index in [0.29, 0.717) is 27.5 Å². The molecule has 0 saturated carbocycles. The quantitative estimate of drug-likeness (QED) is 0.167. The van der Waals surface area contributed by atoms with E-state index in [2.05, 4.69) is 20.9 Å². The molecule has 1 aromatic heterocycles. The Morgan fingerprint density at radius 3 is 2.13 bits per heavy atom. The van der Waals surface area contributed by atoms with Gasteiger partial charge in [0, 0.05) is 39.3 Å². The first-order valence-electron chi connectivity index (χ1n) is 12.0. The van der Waals surface area contributed by atoms with Gasteiger partial charge in [-0.2, -0.15) is 0 Å². The summed E-state index contributed by atoms with van der Waals surface area (Å²) < 4.78 is 0. The van der Waals surface area contributed by atoms with E-state index < -0.39 is 11.8 Å². The molecule has 0 saturated heterocycles. The molecule has 196 valence electrons. The van der Waals surface area contributed by atoms with Crippen molar-refractivity contribution in [3.63, 3.8) is 0 Å². The Morgan fingerprint density at radius 1 is 0.821 bits per heavy atom. The van der Waals surface area contributed by atoms with Crippen LogP contribution in [-0.4, -0.2) is 28.0 Å². The number of carbonyl (C=O) groups is 3. The smallest absolute Gasteiger partial charge is 0.272 e. The molecule has 1 heterocycles. The topological polar surface area (TPSA) is 100 Å². The second-order valence-corrected chi connectivity index (χ2v) is 10.2. The predicted octanol–water partition coefficient (Wildman–Crippen LogP) is 6.26. The van der Waals surface area contributed by atoms with Crippen molar-refractivity contribution >= 4 is 58.5 Å². The third-order valence-electron chi connectivity index (χ3n) is 5.45. The standard InChI is InChI=1S/C30H25ClN4O3S/c1-20(28(36)33-25-15-17-32-18-16-25)39-26-13-11-24(12-14-26)34-30(38)27(19-21-7-9-23(31)10-8-21)35-29(37)22-5-3-2-4-6-22/h2-20H,1H3,(H,34,38)(H,35,37)(H,32,33,36)/b27-19-. The van der Waals surface area contributed by atoms with Crippen LogP contribution in [0.5, 0.6) is 0 Å². The molecule has 3 aromatic carbocycles. The molecule has 0 aliphatic heterocycles. The van der Waals surface area contributed by atoms with Crippen molar-refractivity contribution in [3.8, 4) is 0 Å². The third kappa shape index (κ3) is 8.29. The van der Waals surface area contributed by atoms with Gasteiger partial charge in [-0.3, -0.25) is 19.4 Å². The summed E-state index contributed by atoms with van der Waals surface area (Å²) in [6.07, 6.45) is 4.81. The minimum atomic E-state index is -0.486. The van der Waals surface area contributed by atoms with Crippen LogP contribution in [-0.2, 0) is 9.59 Å². The lowest BCUT2D eigenvalue weighted by molar-refractivity contribution is -0.115. The molecule has 0 aliphatic rings. The van der Waals surface area contributed by atoms with Crippen molar-refractivity contribution < 1.29 is 14.4 Å². The first-order valence-corrected chi connectivity index (χ1v) is 13.3. The van der Waals surface area contributed by atoms with Gasteiger partial charge in [-0.25, -0.2) is 0 Å². The first kappa shape index (κ1) is 27.6. The molecule has 1 atom stereocenters. The zero-order valence-electron chi connectivity index (χ0n) is 20.9. The van der Waals surface area contributed by atoms with Gasteiger partial charge < -0.3 is 16.0 Å². The van der Waals surface area contributed by atoms with Crippen LogP contribution in [0.3, 0.4) is 0 Å². The maximum atomic E-state index is 13.2. The van der Waals surface area contributed by atoms with Gasteiger partial charge in [0.05, 0.1) is 5.25 Å². The fourth-order valence-corrected chi connectivity index (χ4v) is 4.41. The number of anilines is 2. The van der Waals surface area contributed by atoms with Crippen LogP contribution < -0.4 is 16.0 Å². The second kappa shape index (κ2) is 13.4. The van der Waals surface area contributed by atoms with Gasteiger partial charge in [0.15, 0.2) is 0 Å². The Hall–Kier alpha value is -4.40. The number of nitrogens with one attached hydrogen (secondary N) is 3. The van der Waals surface area contributed by atoms with Crippen molar-refractivity contribution in [1.29, 1.82) is 0 Å². The van der Waals surface area contributed by atoms with Gasteiger partial charge in [0.1, 0.15) is 5.70 Å². The lowest BCUT2D eigenvalue weighted by atomic mass is 10.1. The number of amides is 3. The van der Waals surface area contributed by atoms with E-state index in [1.807, 2.05) is 25.1 Å². The monoisotopic (exact) mass is 556 g/mol. The number of thioether (sulfide) groups is 1. The largest absolute Gasteiger partial charge is 0.325 e. The highest BCUT2D eigenvalue weighted by Gasteiger charge is 2.17. The molecule has 7 nitrogen and oxygen atoms in total. The maximum Gasteiger partial charge on any atom is 0.272 e. The van der Waals surface area contributed by atoms with Crippen LogP contribution >= 0.6 is 23.4 Å². The highest BCUT2D eigenvalue weighted by molar-refractivity contribution is 8.00. The fourth-order valence-electron chi connectivity index (χ4n) is 3.42. The Kier molecular flexibility index (Phi) is 9.50. The number of halogens is 1. The SMILES string of the molecule is CC(Sc1ccc(NC(=O)/C(=C/c2ccc(Cl)cc2)NC(=O)c2ccccc2)cc1)C(=O)Nc1ccncc1. The van der Waals surface area contributed by atoms with E-state index in [4.69, 9.17) is 11.6 Å². The lowest BCUT2D eigenvalue weighted by Crippen LogP contribution is -2.30. The van der Waals surface area contributed by atoms with Crippen molar-refractivity contribution in [2.24, 2.45) is 0 Å². The van der Waals surface area contributed by atoms with E-state index in [-0.39, 0.29) is 16.9 Å². The van der Waals surface area contributed by atoms with Gasteiger partial charge in [0.2, 0.25) is 5.91 Å². The summed E-state index contributed by atoms with van der Waals surface area (Å²) in [6.45, 7) is 1.82. The van der Waals surface area contributed by atoms with Crippen molar-refractivity contribution in [2.75, 3.05) is 10.6 Å². The molecule has 3 N–H and O–H groups in total. The van der Waals surface area contributed by atoms with Crippen LogP contribution in [0.2, 0.25) is 5.02 Å². The van der Waals surface area contributed by atoms with Gasteiger partial charge >= 0.3 is 0 Å². The summed E-state index contributed by atoms with van der Waals surface area (Å²) in [5, 5.41) is 8.61. The minimum absolute atomic E-state index is 0.0750. The van der Waals surface area contributed by atoms with E-state index in [0.717, 1.165) is 4.90 Å². The average molecular weight is 557 g/mol. The number of carbonyl (C=O) groups excluding carboxylic acids is 3. The van der Waals surface area contributed by atoms with Gasteiger partial charge in [-0.1, -0.05) is 41.9 Å². The van der Waals surface area contributed by atoms with E-state index in [9.17, 15) is 14.4 Å². The van der Waals surface area contributed by atoms with Crippen LogP contribution in [0.1, 0.15) is 22.8 Å². The highest BCUT2D eigenvalue weighted by Crippen LogP contribution is 2.26. The van der Waals surface area contributed by atoms with Crippen molar-refractivity contribution in [1.82, 2.24) is 10.3 Å². The zero-order valence-corrected chi connectivity index (χ0v) is 22.5. The molecule has 0 fully saturated rings. The number of hydrogen-bond donors (Lipinski definition) is 3. The first-order chi connectivity index (χ1) is 18.9. The molecule has 0 bridgehead atoms. The molecule has 9 heteroatoms. The molecular formula is C30H25ClN4O3S. The van der Waals surface area contributed by atoms with Crippen LogP contribution in [0.4, 0.5) is 11.4 Å². The molecular weight excluding hydrogens is 532 g/mol. The Labute approximate surface area is 235 Å². The molecule has 39 heavy (non-hydrogen) atoms.